The number of benzene rings is 1. The van der Waals surface area contributed by atoms with E-state index < -0.39 is 18.1 Å². The van der Waals surface area contributed by atoms with Crippen LogP contribution in [-0.2, 0) is 16.1 Å². The zero-order valence-corrected chi connectivity index (χ0v) is 10.6. The van der Waals surface area contributed by atoms with E-state index in [2.05, 4.69) is 4.74 Å². The number of halogens is 3. The van der Waals surface area contributed by atoms with Crippen molar-refractivity contribution in [1.29, 1.82) is 0 Å². The Hall–Kier alpha value is -1.80. The Morgan fingerprint density at radius 3 is 2.55 bits per heavy atom. The van der Waals surface area contributed by atoms with Gasteiger partial charge in [-0.1, -0.05) is 0 Å². The van der Waals surface area contributed by atoms with Crippen LogP contribution in [0.5, 0.6) is 5.75 Å². The normalized spacial score (nSPS) is 11.4. The number of ether oxygens (including phenoxy) is 3. The van der Waals surface area contributed by atoms with Crippen molar-refractivity contribution < 1.29 is 37.3 Å². The molecule has 0 radical (unpaired) electrons. The number of alkyl halides is 3. The third-order valence-corrected chi connectivity index (χ3v) is 2.22. The van der Waals surface area contributed by atoms with Gasteiger partial charge in [0.05, 0.1) is 25.4 Å². The van der Waals surface area contributed by atoms with Gasteiger partial charge < -0.3 is 19.3 Å². The minimum absolute atomic E-state index is 0.00155. The van der Waals surface area contributed by atoms with Gasteiger partial charge in [0.15, 0.2) is 0 Å². The number of rotatable bonds is 7. The highest BCUT2D eigenvalue weighted by atomic mass is 19.4. The third kappa shape index (κ3) is 5.45. The average molecular weight is 294 g/mol. The molecule has 1 N–H and O–H groups in total. The van der Waals surface area contributed by atoms with Gasteiger partial charge in [0, 0.05) is 12.7 Å². The van der Waals surface area contributed by atoms with E-state index in [1.165, 1.54) is 7.11 Å². The van der Waals surface area contributed by atoms with Crippen molar-refractivity contribution in [2.45, 2.75) is 13.0 Å². The van der Waals surface area contributed by atoms with Crippen molar-refractivity contribution in [2.75, 3.05) is 20.3 Å². The molecule has 0 heterocycles. The number of aromatic carboxylic acids is 1. The van der Waals surface area contributed by atoms with E-state index in [1.54, 1.807) is 0 Å². The summed E-state index contributed by atoms with van der Waals surface area (Å²) in [6, 6.07) is 3.06. The first-order valence-electron chi connectivity index (χ1n) is 5.52. The van der Waals surface area contributed by atoms with Gasteiger partial charge in [0.1, 0.15) is 5.75 Å². The lowest BCUT2D eigenvalue weighted by Crippen LogP contribution is -2.18. The summed E-state index contributed by atoms with van der Waals surface area (Å²) in [6.45, 7) is 0.225. The summed E-state index contributed by atoms with van der Waals surface area (Å²) in [5.41, 5.74) is -0.150. The van der Waals surface area contributed by atoms with E-state index in [0.717, 1.165) is 18.2 Å². The quantitative estimate of drug-likeness (QED) is 0.782. The van der Waals surface area contributed by atoms with Gasteiger partial charge in [-0.15, -0.1) is 13.2 Å². The van der Waals surface area contributed by atoms with E-state index in [-0.39, 0.29) is 30.9 Å². The van der Waals surface area contributed by atoms with Gasteiger partial charge in [-0.3, -0.25) is 0 Å². The highest BCUT2D eigenvalue weighted by Gasteiger charge is 2.32. The predicted octanol–water partition coefficient (Wildman–Crippen LogP) is 2.45. The number of hydrogen-bond acceptors (Lipinski definition) is 4. The van der Waals surface area contributed by atoms with E-state index in [0.29, 0.717) is 0 Å². The lowest BCUT2D eigenvalue weighted by atomic mass is 10.1. The van der Waals surface area contributed by atoms with Crippen LogP contribution in [0.1, 0.15) is 15.9 Å². The summed E-state index contributed by atoms with van der Waals surface area (Å²) < 4.78 is 50.3. The molecule has 0 unspecified atom stereocenters. The predicted molar refractivity (Wildman–Crippen MR) is 61.6 cm³/mol. The molecule has 0 bridgehead atoms. The van der Waals surface area contributed by atoms with Crippen molar-refractivity contribution in [3.8, 4) is 5.75 Å². The van der Waals surface area contributed by atoms with Gasteiger partial charge in [-0.2, -0.15) is 0 Å². The molecule has 1 aromatic carbocycles. The molecule has 0 fully saturated rings. The smallest absolute Gasteiger partial charge is 0.478 e. The summed E-state index contributed by atoms with van der Waals surface area (Å²) in [6.07, 6.45) is -4.86. The highest BCUT2D eigenvalue weighted by molar-refractivity contribution is 5.88. The summed E-state index contributed by atoms with van der Waals surface area (Å²) in [5, 5.41) is 8.82. The third-order valence-electron chi connectivity index (χ3n) is 2.22. The molecule has 112 valence electrons. The van der Waals surface area contributed by atoms with Crippen LogP contribution in [0.25, 0.3) is 0 Å². The van der Waals surface area contributed by atoms with Crippen LogP contribution in [-0.4, -0.2) is 37.8 Å². The van der Waals surface area contributed by atoms with Crippen molar-refractivity contribution in [3.63, 3.8) is 0 Å². The molecule has 0 atom stereocenters. The van der Waals surface area contributed by atoms with Crippen LogP contribution in [0.15, 0.2) is 18.2 Å². The van der Waals surface area contributed by atoms with Crippen LogP contribution in [0.4, 0.5) is 13.2 Å². The first kappa shape index (κ1) is 16.3. The zero-order valence-electron chi connectivity index (χ0n) is 10.6. The van der Waals surface area contributed by atoms with Gasteiger partial charge in [0.2, 0.25) is 0 Å². The Balaban J connectivity index is 2.88. The van der Waals surface area contributed by atoms with Crippen molar-refractivity contribution in [1.82, 2.24) is 0 Å². The maximum atomic E-state index is 12.2. The van der Waals surface area contributed by atoms with E-state index in [4.69, 9.17) is 14.6 Å². The lowest BCUT2D eigenvalue weighted by Gasteiger charge is -2.14. The molecule has 0 aliphatic carbocycles. The topological polar surface area (TPSA) is 65.0 Å². The Morgan fingerprint density at radius 1 is 1.30 bits per heavy atom. The summed E-state index contributed by atoms with van der Waals surface area (Å²) in [5.74, 6) is -1.73. The van der Waals surface area contributed by atoms with Gasteiger partial charge >= 0.3 is 12.3 Å². The first-order chi connectivity index (χ1) is 9.33. The molecule has 20 heavy (non-hydrogen) atoms. The summed E-state index contributed by atoms with van der Waals surface area (Å²) in [7, 11) is 1.45. The minimum atomic E-state index is -4.86. The largest absolute Gasteiger partial charge is 0.573 e. The number of methoxy groups -OCH3 is 1. The molecule has 1 rings (SSSR count). The van der Waals surface area contributed by atoms with E-state index in [9.17, 15) is 18.0 Å². The van der Waals surface area contributed by atoms with Crippen molar-refractivity contribution in [3.05, 3.63) is 29.3 Å². The molecule has 0 aromatic heterocycles. The van der Waals surface area contributed by atoms with Crippen molar-refractivity contribution in [2.24, 2.45) is 0 Å². The van der Waals surface area contributed by atoms with Crippen LogP contribution in [0.2, 0.25) is 0 Å². The Labute approximate surface area is 112 Å². The molecular weight excluding hydrogens is 281 g/mol. The molecule has 0 spiro atoms. The van der Waals surface area contributed by atoms with Gasteiger partial charge in [-0.25, -0.2) is 4.79 Å². The Kier molecular flexibility index (Phi) is 5.78. The second-order valence-corrected chi connectivity index (χ2v) is 3.72. The van der Waals surface area contributed by atoms with E-state index >= 15 is 0 Å². The fraction of sp³-hybridized carbons (Fsp3) is 0.417. The number of carboxylic acids is 1. The van der Waals surface area contributed by atoms with Crippen LogP contribution in [0.3, 0.4) is 0 Å². The SMILES string of the molecule is COCCOCc1cc(C(=O)O)ccc1OC(F)(F)F. The van der Waals surface area contributed by atoms with E-state index in [1.807, 2.05) is 0 Å². The molecule has 0 aliphatic heterocycles. The van der Waals surface area contributed by atoms with Crippen LogP contribution < -0.4 is 4.74 Å². The van der Waals surface area contributed by atoms with Crippen LogP contribution in [0, 0.1) is 0 Å². The van der Waals surface area contributed by atoms with Crippen molar-refractivity contribution >= 4 is 5.97 Å². The first-order valence-corrected chi connectivity index (χ1v) is 5.52. The maximum absolute atomic E-state index is 12.2. The molecule has 0 amide bonds. The fourth-order valence-corrected chi connectivity index (χ4v) is 1.37. The standard InChI is InChI=1S/C12H13F3O5/c1-18-4-5-19-7-9-6-8(11(16)17)2-3-10(9)20-12(13,14)15/h2-3,6H,4-5,7H2,1H3,(H,16,17). The number of hydrogen-bond donors (Lipinski definition) is 1. The molecule has 0 saturated heterocycles. The monoisotopic (exact) mass is 294 g/mol. The average Bonchev–Trinajstić information content (AvgIpc) is 2.34. The van der Waals surface area contributed by atoms with Gasteiger partial charge in [-0.05, 0) is 18.2 Å². The lowest BCUT2D eigenvalue weighted by molar-refractivity contribution is -0.275. The molecule has 1 aromatic rings. The zero-order chi connectivity index (χ0) is 15.2. The molecule has 0 aliphatic rings. The highest BCUT2D eigenvalue weighted by Crippen LogP contribution is 2.27. The summed E-state index contributed by atoms with van der Waals surface area (Å²) >= 11 is 0. The Bertz CT molecular complexity index is 459. The maximum Gasteiger partial charge on any atom is 0.573 e. The van der Waals surface area contributed by atoms with Gasteiger partial charge in [0.25, 0.3) is 0 Å². The second kappa shape index (κ2) is 7.11. The fourth-order valence-electron chi connectivity index (χ4n) is 1.37. The molecule has 5 nitrogen and oxygen atoms in total. The molecule has 0 saturated carbocycles. The molecular formula is C12H13F3O5. The second-order valence-electron chi connectivity index (χ2n) is 3.72. The number of carbonyl (C=O) groups is 1. The summed E-state index contributed by atoms with van der Waals surface area (Å²) in [4.78, 5) is 10.8. The van der Waals surface area contributed by atoms with Crippen LogP contribution >= 0.6 is 0 Å². The molecule has 8 heteroatoms. The Morgan fingerprint density at radius 2 is 2.00 bits per heavy atom. The minimum Gasteiger partial charge on any atom is -0.478 e. The number of carboxylic acid groups (broad SMARTS) is 1.